The van der Waals surface area contributed by atoms with Crippen molar-refractivity contribution in [2.24, 2.45) is 0 Å². The monoisotopic (exact) mass is 454 g/mol. The highest BCUT2D eigenvalue weighted by Crippen LogP contribution is 2.40. The van der Waals surface area contributed by atoms with Crippen LogP contribution in [0.4, 0.5) is 15.6 Å². The van der Waals surface area contributed by atoms with Gasteiger partial charge in [-0.05, 0) is 12.1 Å². The van der Waals surface area contributed by atoms with Gasteiger partial charge in [-0.25, -0.2) is 9.78 Å². The second-order valence-electron chi connectivity index (χ2n) is 6.16. The largest absolute Gasteiger partial charge is 0.492 e. The van der Waals surface area contributed by atoms with Crippen LogP contribution in [0.2, 0.25) is 0 Å². The fraction of sp³-hybridized carbons (Fsp3) is 0.353. The van der Waals surface area contributed by atoms with Gasteiger partial charge in [-0.3, -0.25) is 9.69 Å². The van der Waals surface area contributed by atoms with Crippen molar-refractivity contribution in [2.45, 2.75) is 19.4 Å². The normalized spacial score (nSPS) is 17.7. The van der Waals surface area contributed by atoms with Gasteiger partial charge >= 0.3 is 6.09 Å². The van der Waals surface area contributed by atoms with E-state index in [2.05, 4.69) is 10.3 Å². The summed E-state index contributed by atoms with van der Waals surface area (Å²) < 4.78 is 11.2. The SMILES string of the molecule is Br.CC(=O)NC[C@H]1CN(c2ccc3c(c2)OCCc2sc(N)nc2-3)C(=O)O1. The number of thiazole rings is 1. The van der Waals surface area contributed by atoms with E-state index in [1.807, 2.05) is 18.2 Å². The molecule has 2 aliphatic rings. The Balaban J connectivity index is 0.00000210. The minimum absolute atomic E-state index is 0. The number of nitrogens with one attached hydrogen (secondary N) is 1. The summed E-state index contributed by atoms with van der Waals surface area (Å²) in [5.74, 6) is 0.515. The first kappa shape index (κ1) is 19.4. The highest BCUT2D eigenvalue weighted by atomic mass is 79.9. The molecule has 2 aliphatic heterocycles. The average molecular weight is 455 g/mol. The average Bonchev–Trinajstić information content (AvgIpc) is 3.11. The molecule has 1 aromatic carbocycles. The van der Waals surface area contributed by atoms with Gasteiger partial charge in [0.2, 0.25) is 5.91 Å². The van der Waals surface area contributed by atoms with E-state index in [4.69, 9.17) is 15.2 Å². The molecule has 1 fully saturated rings. The number of halogens is 1. The summed E-state index contributed by atoms with van der Waals surface area (Å²) in [5, 5.41) is 3.20. The minimum Gasteiger partial charge on any atom is -0.492 e. The molecule has 2 amide bonds. The van der Waals surface area contributed by atoms with Gasteiger partial charge in [-0.15, -0.1) is 28.3 Å². The van der Waals surface area contributed by atoms with Crippen molar-refractivity contribution >= 4 is 51.1 Å². The third kappa shape index (κ3) is 3.86. The van der Waals surface area contributed by atoms with Crippen LogP contribution in [-0.2, 0) is 16.0 Å². The summed E-state index contributed by atoms with van der Waals surface area (Å²) in [5.41, 5.74) is 8.25. The molecule has 2 aromatic rings. The maximum atomic E-state index is 12.2. The van der Waals surface area contributed by atoms with Gasteiger partial charge in [0.05, 0.1) is 31.1 Å². The summed E-state index contributed by atoms with van der Waals surface area (Å²) >= 11 is 1.47. The van der Waals surface area contributed by atoms with E-state index in [-0.39, 0.29) is 29.0 Å². The molecule has 3 N–H and O–H groups in total. The number of nitrogens with zero attached hydrogens (tertiary/aromatic N) is 2. The van der Waals surface area contributed by atoms with Crippen LogP contribution in [0.5, 0.6) is 5.75 Å². The summed E-state index contributed by atoms with van der Waals surface area (Å²) in [6.07, 6.45) is -0.0674. The molecule has 0 radical (unpaired) electrons. The zero-order chi connectivity index (χ0) is 18.3. The Morgan fingerprint density at radius 3 is 3.07 bits per heavy atom. The Bertz CT molecular complexity index is 888. The van der Waals surface area contributed by atoms with Crippen LogP contribution < -0.4 is 20.7 Å². The predicted octanol–water partition coefficient (Wildman–Crippen LogP) is 2.37. The summed E-state index contributed by atoms with van der Waals surface area (Å²) in [6.45, 7) is 2.62. The van der Waals surface area contributed by atoms with Crippen LogP contribution in [0.15, 0.2) is 18.2 Å². The molecule has 3 heterocycles. The number of fused-ring (bicyclic) bond motifs is 3. The Hall–Kier alpha value is -2.33. The number of anilines is 2. The molecule has 0 unspecified atom stereocenters. The Morgan fingerprint density at radius 1 is 1.48 bits per heavy atom. The second kappa shape index (κ2) is 7.73. The van der Waals surface area contributed by atoms with Crippen LogP contribution in [-0.4, -0.2) is 42.8 Å². The van der Waals surface area contributed by atoms with E-state index in [1.165, 1.54) is 23.2 Å². The van der Waals surface area contributed by atoms with Crippen molar-refractivity contribution in [1.29, 1.82) is 0 Å². The number of amides is 2. The molecular formula is C17H19BrN4O4S. The third-order valence-electron chi connectivity index (χ3n) is 4.29. The van der Waals surface area contributed by atoms with Crippen LogP contribution >= 0.6 is 28.3 Å². The topological polar surface area (TPSA) is 107 Å². The number of hydrogen-bond acceptors (Lipinski definition) is 7. The highest BCUT2D eigenvalue weighted by molar-refractivity contribution is 8.93. The van der Waals surface area contributed by atoms with Gasteiger partial charge in [0, 0.05) is 29.9 Å². The molecule has 1 atom stereocenters. The first-order valence-electron chi connectivity index (χ1n) is 8.26. The van der Waals surface area contributed by atoms with Crippen molar-refractivity contribution in [3.05, 3.63) is 23.1 Å². The molecule has 0 bridgehead atoms. The molecule has 0 spiro atoms. The van der Waals surface area contributed by atoms with Crippen LogP contribution in [0, 0.1) is 0 Å². The van der Waals surface area contributed by atoms with Gasteiger partial charge in [0.15, 0.2) is 5.13 Å². The van der Waals surface area contributed by atoms with Crippen molar-refractivity contribution in [2.75, 3.05) is 30.3 Å². The van der Waals surface area contributed by atoms with E-state index in [0.717, 1.165) is 22.6 Å². The molecule has 0 aliphatic carbocycles. The number of ether oxygens (including phenoxy) is 2. The van der Waals surface area contributed by atoms with Gasteiger partial charge < -0.3 is 20.5 Å². The number of carbonyl (C=O) groups excluding carboxylic acids is 2. The number of nitrogen functional groups attached to an aromatic ring is 1. The lowest BCUT2D eigenvalue weighted by atomic mass is 10.1. The number of rotatable bonds is 3. The number of cyclic esters (lactones) is 1. The van der Waals surface area contributed by atoms with Gasteiger partial charge in [0.1, 0.15) is 11.9 Å². The lowest BCUT2D eigenvalue weighted by Crippen LogP contribution is -2.33. The van der Waals surface area contributed by atoms with Crippen LogP contribution in [0.1, 0.15) is 11.8 Å². The molecule has 4 rings (SSSR count). The third-order valence-corrected chi connectivity index (χ3v) is 5.23. The van der Waals surface area contributed by atoms with Gasteiger partial charge in [-0.1, -0.05) is 0 Å². The van der Waals surface area contributed by atoms with E-state index < -0.39 is 6.09 Å². The van der Waals surface area contributed by atoms with E-state index in [1.54, 1.807) is 0 Å². The van der Waals surface area contributed by atoms with Crippen molar-refractivity contribution in [3.63, 3.8) is 0 Å². The fourth-order valence-electron chi connectivity index (χ4n) is 3.09. The standard InChI is InChI=1S/C17H18N4O4S.BrH/c1-9(22)19-7-11-8-21(17(23)25-11)10-2-3-12-13(6-10)24-5-4-14-15(12)20-16(18)26-14;/h2-3,6,11H,4-5,7-8H2,1H3,(H2,18,20)(H,19,22);1H/t11-;/m0./s1. The van der Waals surface area contributed by atoms with Crippen molar-refractivity contribution in [3.8, 4) is 17.0 Å². The Kier molecular flexibility index (Phi) is 5.56. The maximum absolute atomic E-state index is 12.2. The van der Waals surface area contributed by atoms with Crippen LogP contribution in [0.3, 0.4) is 0 Å². The minimum atomic E-state index is -0.437. The summed E-state index contributed by atoms with van der Waals surface area (Å²) in [4.78, 5) is 30.3. The summed E-state index contributed by atoms with van der Waals surface area (Å²) in [7, 11) is 0. The highest BCUT2D eigenvalue weighted by Gasteiger charge is 2.33. The number of nitrogens with two attached hydrogens (primary N) is 1. The fourth-order valence-corrected chi connectivity index (χ4v) is 3.92. The Morgan fingerprint density at radius 2 is 2.30 bits per heavy atom. The summed E-state index contributed by atoms with van der Waals surface area (Å²) in [6, 6.07) is 5.55. The maximum Gasteiger partial charge on any atom is 0.414 e. The van der Waals surface area contributed by atoms with Crippen LogP contribution in [0.25, 0.3) is 11.3 Å². The zero-order valence-electron chi connectivity index (χ0n) is 14.6. The zero-order valence-corrected chi connectivity index (χ0v) is 17.1. The Labute approximate surface area is 170 Å². The molecule has 1 aromatic heterocycles. The van der Waals surface area contributed by atoms with E-state index in [0.29, 0.717) is 36.3 Å². The van der Waals surface area contributed by atoms with Gasteiger partial charge in [-0.2, -0.15) is 0 Å². The molecule has 27 heavy (non-hydrogen) atoms. The molecule has 8 nitrogen and oxygen atoms in total. The van der Waals surface area contributed by atoms with E-state index >= 15 is 0 Å². The predicted molar refractivity (Wildman–Crippen MR) is 108 cm³/mol. The first-order chi connectivity index (χ1) is 12.5. The number of benzene rings is 1. The number of hydrogen-bond donors (Lipinski definition) is 2. The lowest BCUT2D eigenvalue weighted by molar-refractivity contribution is -0.119. The van der Waals surface area contributed by atoms with E-state index in [9.17, 15) is 9.59 Å². The second-order valence-corrected chi connectivity index (χ2v) is 7.27. The lowest BCUT2D eigenvalue weighted by Gasteiger charge is -2.16. The molecule has 0 saturated carbocycles. The van der Waals surface area contributed by atoms with Crippen molar-refractivity contribution < 1.29 is 19.1 Å². The smallest absolute Gasteiger partial charge is 0.414 e. The molecule has 144 valence electrons. The molecule has 1 saturated heterocycles. The van der Waals surface area contributed by atoms with Crippen molar-refractivity contribution in [1.82, 2.24) is 10.3 Å². The first-order valence-corrected chi connectivity index (χ1v) is 9.08. The molecular weight excluding hydrogens is 436 g/mol. The van der Waals surface area contributed by atoms with Gasteiger partial charge in [0.25, 0.3) is 0 Å². The quantitative estimate of drug-likeness (QED) is 0.736. The molecule has 10 heteroatoms. The number of aromatic nitrogens is 1. The number of carbonyl (C=O) groups is 2.